The van der Waals surface area contributed by atoms with Crippen molar-refractivity contribution in [1.29, 1.82) is 5.26 Å². The van der Waals surface area contributed by atoms with E-state index in [2.05, 4.69) is 10.2 Å². The number of nitrogens with two attached hydrogens (primary N) is 1. The largest absolute Gasteiger partial charge is 0.479 e. The van der Waals surface area contributed by atoms with Crippen LogP contribution in [0.4, 0.5) is 0 Å². The molecule has 0 saturated heterocycles. The lowest BCUT2D eigenvalue weighted by Gasteiger charge is -2.01. The number of hydrogen-bond acceptors (Lipinski definition) is 5. The van der Waals surface area contributed by atoms with Crippen molar-refractivity contribution in [2.24, 2.45) is 15.9 Å². The lowest BCUT2D eigenvalue weighted by Crippen LogP contribution is -2.06. The van der Waals surface area contributed by atoms with Gasteiger partial charge in [0.2, 0.25) is 0 Å². The second kappa shape index (κ2) is 9.28. The molecule has 0 atom stereocenters. The highest BCUT2D eigenvalue weighted by molar-refractivity contribution is 8.13. The first kappa shape index (κ1) is 16.6. The Balaban J connectivity index is 1.88. The summed E-state index contributed by atoms with van der Waals surface area (Å²) < 4.78 is 5.22. The molecule has 0 fully saturated rings. The Labute approximate surface area is 139 Å². The summed E-state index contributed by atoms with van der Waals surface area (Å²) in [5, 5.41) is 16.8. The maximum absolute atomic E-state index is 8.50. The summed E-state index contributed by atoms with van der Waals surface area (Å²) in [5.74, 6) is 1.37. The fraction of sp³-hybridized carbons (Fsp3) is 0.118. The first-order valence-corrected chi connectivity index (χ1v) is 7.89. The number of benzene rings is 2. The smallest absolute Gasteiger partial charge is 0.180 e. The Morgan fingerprint density at radius 1 is 1.22 bits per heavy atom. The van der Waals surface area contributed by atoms with E-state index in [9.17, 15) is 0 Å². The molecular weight excluding hydrogens is 308 g/mol. The Morgan fingerprint density at radius 2 is 2.04 bits per heavy atom. The molecule has 0 spiro atoms. The summed E-state index contributed by atoms with van der Waals surface area (Å²) in [7, 11) is 0. The molecule has 2 rings (SSSR count). The van der Waals surface area contributed by atoms with Crippen LogP contribution in [0.1, 0.15) is 11.1 Å². The van der Waals surface area contributed by atoms with Crippen LogP contribution in [0.25, 0.3) is 0 Å². The SMILES string of the molecule is N#CCOc1cccc(C=NN=C(N)SCc2ccccc2)c1. The van der Waals surface area contributed by atoms with Crippen LogP contribution >= 0.6 is 11.8 Å². The Bertz CT molecular complexity index is 723. The van der Waals surface area contributed by atoms with Gasteiger partial charge < -0.3 is 10.5 Å². The average Bonchev–Trinajstić information content (AvgIpc) is 2.59. The third-order valence-electron chi connectivity index (χ3n) is 2.75. The van der Waals surface area contributed by atoms with Crippen LogP contribution < -0.4 is 10.5 Å². The van der Waals surface area contributed by atoms with Gasteiger partial charge in [-0.1, -0.05) is 54.2 Å². The van der Waals surface area contributed by atoms with E-state index in [0.29, 0.717) is 10.9 Å². The van der Waals surface area contributed by atoms with Crippen molar-refractivity contribution in [1.82, 2.24) is 0 Å². The molecular formula is C17H16N4OS. The van der Waals surface area contributed by atoms with Crippen molar-refractivity contribution in [3.8, 4) is 11.8 Å². The average molecular weight is 324 g/mol. The molecule has 0 aliphatic rings. The minimum Gasteiger partial charge on any atom is -0.479 e. The van der Waals surface area contributed by atoms with Gasteiger partial charge in [0.1, 0.15) is 11.8 Å². The van der Waals surface area contributed by atoms with Crippen molar-refractivity contribution >= 4 is 23.1 Å². The van der Waals surface area contributed by atoms with Gasteiger partial charge in [-0.15, -0.1) is 5.10 Å². The van der Waals surface area contributed by atoms with Crippen LogP contribution in [0.5, 0.6) is 5.75 Å². The molecule has 116 valence electrons. The van der Waals surface area contributed by atoms with Crippen LogP contribution in [0.3, 0.4) is 0 Å². The lowest BCUT2D eigenvalue weighted by atomic mass is 10.2. The summed E-state index contributed by atoms with van der Waals surface area (Å²) in [6.07, 6.45) is 1.59. The zero-order valence-electron chi connectivity index (χ0n) is 12.4. The Kier molecular flexibility index (Phi) is 6.69. The molecule has 6 heteroatoms. The molecule has 0 saturated carbocycles. The molecule has 23 heavy (non-hydrogen) atoms. The van der Waals surface area contributed by atoms with E-state index in [-0.39, 0.29) is 6.61 Å². The molecule has 0 aliphatic heterocycles. The third-order valence-corrected chi connectivity index (χ3v) is 3.61. The Morgan fingerprint density at radius 3 is 2.83 bits per heavy atom. The number of hydrogen-bond donors (Lipinski definition) is 1. The van der Waals surface area contributed by atoms with Crippen molar-refractivity contribution in [2.45, 2.75) is 5.75 Å². The predicted octanol–water partition coefficient (Wildman–Crippen LogP) is 3.17. The zero-order valence-corrected chi connectivity index (χ0v) is 13.2. The highest BCUT2D eigenvalue weighted by Crippen LogP contribution is 2.13. The van der Waals surface area contributed by atoms with Gasteiger partial charge in [0.25, 0.3) is 0 Å². The fourth-order valence-electron chi connectivity index (χ4n) is 1.71. The standard InChI is InChI=1S/C17H16N4OS/c18-9-10-22-16-8-4-7-15(11-16)12-20-21-17(19)23-13-14-5-2-1-3-6-14/h1-8,11-12H,10,13H2,(H2,19,21). The zero-order chi connectivity index (χ0) is 16.3. The third kappa shape index (κ3) is 6.24. The van der Waals surface area contributed by atoms with Gasteiger partial charge in [-0.25, -0.2) is 0 Å². The fourth-order valence-corrected chi connectivity index (χ4v) is 2.32. The first-order valence-electron chi connectivity index (χ1n) is 6.91. The summed E-state index contributed by atoms with van der Waals surface area (Å²) in [5.41, 5.74) is 7.83. The van der Waals surface area contributed by atoms with Crippen molar-refractivity contribution in [3.63, 3.8) is 0 Å². The molecule has 0 heterocycles. The minimum atomic E-state index is 0.0157. The highest BCUT2D eigenvalue weighted by Gasteiger charge is 1.96. The van der Waals surface area contributed by atoms with Crippen LogP contribution in [0, 0.1) is 11.3 Å². The predicted molar refractivity (Wildman–Crippen MR) is 94.5 cm³/mol. The van der Waals surface area contributed by atoms with E-state index in [1.54, 1.807) is 18.3 Å². The quantitative estimate of drug-likeness (QED) is 0.502. The number of ether oxygens (including phenoxy) is 1. The molecule has 5 nitrogen and oxygen atoms in total. The molecule has 0 aromatic heterocycles. The summed E-state index contributed by atoms with van der Waals surface area (Å²) in [6, 6.07) is 19.2. The second-order valence-electron chi connectivity index (χ2n) is 4.48. The minimum absolute atomic E-state index is 0.0157. The molecule has 2 aromatic rings. The summed E-state index contributed by atoms with van der Waals surface area (Å²) in [4.78, 5) is 0. The molecule has 0 amide bonds. The summed E-state index contributed by atoms with van der Waals surface area (Å²) in [6.45, 7) is 0.0157. The summed E-state index contributed by atoms with van der Waals surface area (Å²) >= 11 is 1.43. The van der Waals surface area contributed by atoms with E-state index in [4.69, 9.17) is 15.7 Å². The first-order chi connectivity index (χ1) is 11.3. The van der Waals surface area contributed by atoms with Crippen molar-refractivity contribution in [3.05, 3.63) is 65.7 Å². The van der Waals surface area contributed by atoms with E-state index >= 15 is 0 Å². The molecule has 0 unspecified atom stereocenters. The van der Waals surface area contributed by atoms with Gasteiger partial charge in [-0.05, 0) is 23.3 Å². The van der Waals surface area contributed by atoms with Crippen LogP contribution in [-0.2, 0) is 5.75 Å². The molecule has 2 N–H and O–H groups in total. The highest BCUT2D eigenvalue weighted by atomic mass is 32.2. The topological polar surface area (TPSA) is 83.8 Å². The number of amidine groups is 1. The number of rotatable bonds is 6. The van der Waals surface area contributed by atoms with Gasteiger partial charge in [0.05, 0.1) is 6.21 Å². The van der Waals surface area contributed by atoms with Crippen LogP contribution in [0.2, 0.25) is 0 Å². The second-order valence-corrected chi connectivity index (χ2v) is 5.47. The van der Waals surface area contributed by atoms with Crippen molar-refractivity contribution in [2.75, 3.05) is 6.61 Å². The molecule has 2 aromatic carbocycles. The van der Waals surface area contributed by atoms with Gasteiger partial charge in [0.15, 0.2) is 11.8 Å². The van der Waals surface area contributed by atoms with Gasteiger partial charge >= 0.3 is 0 Å². The normalized spacial score (nSPS) is 11.3. The van der Waals surface area contributed by atoms with E-state index in [1.165, 1.54) is 17.3 Å². The van der Waals surface area contributed by atoms with E-state index in [1.807, 2.05) is 48.5 Å². The van der Waals surface area contributed by atoms with E-state index < -0.39 is 0 Å². The van der Waals surface area contributed by atoms with Gasteiger partial charge in [-0.3, -0.25) is 0 Å². The molecule has 0 aliphatic carbocycles. The van der Waals surface area contributed by atoms with E-state index in [0.717, 1.165) is 11.3 Å². The van der Waals surface area contributed by atoms with Gasteiger partial charge in [0, 0.05) is 5.75 Å². The molecule has 0 bridgehead atoms. The molecule has 0 radical (unpaired) electrons. The Hall–Kier alpha value is -2.78. The maximum Gasteiger partial charge on any atom is 0.180 e. The van der Waals surface area contributed by atoms with Crippen molar-refractivity contribution < 1.29 is 4.74 Å². The number of nitriles is 1. The lowest BCUT2D eigenvalue weighted by molar-refractivity contribution is 0.368. The monoisotopic (exact) mass is 324 g/mol. The maximum atomic E-state index is 8.50. The van der Waals surface area contributed by atoms with Crippen LogP contribution in [-0.4, -0.2) is 18.0 Å². The number of thioether (sulfide) groups is 1. The van der Waals surface area contributed by atoms with Crippen LogP contribution in [0.15, 0.2) is 64.8 Å². The van der Waals surface area contributed by atoms with Gasteiger partial charge in [-0.2, -0.15) is 10.4 Å². The number of nitrogens with zero attached hydrogens (tertiary/aromatic N) is 3.